The van der Waals surface area contributed by atoms with E-state index in [1.54, 1.807) is 0 Å². The Balaban J connectivity index is 0.000000180. The minimum atomic E-state index is 0.719. The molecule has 0 radical (unpaired) electrons. The van der Waals surface area contributed by atoms with Crippen LogP contribution in [-0.2, 0) is 26.2 Å². The van der Waals surface area contributed by atoms with Gasteiger partial charge in [0.05, 0.1) is 36.9 Å². The Kier molecular flexibility index (Phi) is 14.6. The van der Waals surface area contributed by atoms with Crippen LogP contribution in [0.1, 0.15) is 55.4 Å². The maximum atomic E-state index is 4.70. The van der Waals surface area contributed by atoms with Crippen molar-refractivity contribution in [3.05, 3.63) is 205 Å². The van der Waals surface area contributed by atoms with Gasteiger partial charge >= 0.3 is 0 Å². The summed E-state index contributed by atoms with van der Waals surface area (Å²) in [6.07, 6.45) is 8.96. The molecule has 0 bridgehead atoms. The average molecular weight is 763 g/mol. The van der Waals surface area contributed by atoms with E-state index >= 15 is 0 Å². The van der Waals surface area contributed by atoms with Gasteiger partial charge in [0.25, 0.3) is 0 Å². The molecule has 0 fully saturated rings. The highest BCUT2D eigenvalue weighted by molar-refractivity contribution is 5.69. The second-order valence-corrected chi connectivity index (χ2v) is 14.7. The van der Waals surface area contributed by atoms with Gasteiger partial charge in [-0.05, 0) is 57.5 Å². The van der Waals surface area contributed by atoms with E-state index in [0.717, 1.165) is 61.3 Å². The molecule has 0 saturated carbocycles. The third-order valence-electron chi connectivity index (χ3n) is 10.3. The van der Waals surface area contributed by atoms with Crippen LogP contribution in [-0.4, -0.2) is 31.4 Å². The van der Waals surface area contributed by atoms with Crippen molar-refractivity contribution in [1.29, 1.82) is 0 Å². The first-order valence-corrected chi connectivity index (χ1v) is 20.6. The zero-order valence-corrected chi connectivity index (χ0v) is 33.5. The molecule has 0 saturated heterocycles. The van der Waals surface area contributed by atoms with Crippen LogP contribution in [0.2, 0.25) is 0 Å². The number of hydrogen-bond acceptors (Lipinski definition) is 4. The number of unbranched alkanes of at least 4 members (excludes halogenated alkanes) is 3. The van der Waals surface area contributed by atoms with Crippen molar-refractivity contribution in [3.63, 3.8) is 0 Å². The Morgan fingerprint density at radius 2 is 0.879 bits per heavy atom. The van der Waals surface area contributed by atoms with Crippen LogP contribution < -0.4 is 5.32 Å². The zero-order valence-electron chi connectivity index (χ0n) is 33.5. The van der Waals surface area contributed by atoms with Gasteiger partial charge in [-0.3, -0.25) is 4.90 Å². The molecule has 0 aliphatic heterocycles. The second-order valence-electron chi connectivity index (χ2n) is 14.7. The number of benzene rings is 6. The monoisotopic (exact) mass is 762 g/mol. The molecule has 8 aromatic rings. The average Bonchev–Trinajstić information content (AvgIpc) is 3.97. The summed E-state index contributed by atoms with van der Waals surface area (Å²) in [6, 6.07) is 59.3. The van der Waals surface area contributed by atoms with Crippen LogP contribution in [0.25, 0.3) is 44.8 Å². The molecule has 0 spiro atoms. The van der Waals surface area contributed by atoms with Gasteiger partial charge < -0.3 is 15.3 Å². The van der Waals surface area contributed by atoms with Crippen molar-refractivity contribution in [2.45, 2.75) is 58.8 Å². The first-order chi connectivity index (χ1) is 28.7. The fourth-order valence-electron chi connectivity index (χ4n) is 7.08. The summed E-state index contributed by atoms with van der Waals surface area (Å²) in [5.41, 5.74) is 12.0. The molecule has 2 heterocycles. The van der Waals surface area contributed by atoms with Crippen LogP contribution >= 0.6 is 0 Å². The van der Waals surface area contributed by atoms with Gasteiger partial charge in [0.2, 0.25) is 0 Å². The van der Waals surface area contributed by atoms with Crippen molar-refractivity contribution in [1.82, 2.24) is 30.2 Å². The van der Waals surface area contributed by atoms with E-state index in [-0.39, 0.29) is 0 Å². The van der Waals surface area contributed by atoms with Gasteiger partial charge in [-0.1, -0.05) is 196 Å². The lowest BCUT2D eigenvalue weighted by molar-refractivity contribution is 0.245. The second kappa shape index (κ2) is 21.3. The predicted octanol–water partition coefficient (Wildman–Crippen LogP) is 12.4. The molecule has 6 heteroatoms. The minimum Gasteiger partial charge on any atom is -0.341 e. The van der Waals surface area contributed by atoms with Gasteiger partial charge in [-0.25, -0.2) is 9.97 Å². The summed E-state index contributed by atoms with van der Waals surface area (Å²) in [4.78, 5) is 18.6. The maximum Gasteiger partial charge on any atom is 0.120 e. The number of aromatic amines is 2. The number of aromatic nitrogens is 4. The van der Waals surface area contributed by atoms with E-state index < -0.39 is 0 Å². The summed E-state index contributed by atoms with van der Waals surface area (Å²) >= 11 is 0. The van der Waals surface area contributed by atoms with Gasteiger partial charge in [-0.15, -0.1) is 0 Å². The molecule has 0 aliphatic carbocycles. The van der Waals surface area contributed by atoms with Crippen LogP contribution in [0.4, 0.5) is 0 Å². The van der Waals surface area contributed by atoms with E-state index in [1.165, 1.54) is 64.6 Å². The van der Waals surface area contributed by atoms with E-state index in [2.05, 4.69) is 190 Å². The Labute approximate surface area is 344 Å². The number of nitrogens with one attached hydrogen (secondary N) is 3. The molecule has 6 nitrogen and oxygen atoms in total. The van der Waals surface area contributed by atoms with Crippen molar-refractivity contribution in [3.8, 4) is 44.8 Å². The molecule has 0 unspecified atom stereocenters. The van der Waals surface area contributed by atoms with Gasteiger partial charge in [0.15, 0.2) is 0 Å². The number of imidazole rings is 2. The fraction of sp³-hybridized carbons (Fsp3) is 0.192. The lowest BCUT2D eigenvalue weighted by Crippen LogP contribution is -2.24. The third-order valence-corrected chi connectivity index (χ3v) is 10.3. The van der Waals surface area contributed by atoms with E-state index in [9.17, 15) is 0 Å². The Bertz CT molecular complexity index is 2330. The quantitative estimate of drug-likeness (QED) is 0.0808. The Morgan fingerprint density at radius 1 is 0.431 bits per heavy atom. The standard InChI is InChI=1S/C29H33N3.C23H21N3/c1-2-3-4-11-20-32(22-24-12-7-5-8-13-24)23-29-30-21-28(31-29)27-18-16-26(17-19-27)25-14-9-6-10-15-25;1-3-7-18(8-4-1)15-24-17-23-25-16-22(26-23)21-13-11-20(12-14-21)19-9-5-2-6-10-19/h5-10,12-19,21H,2-4,11,20,22-23H2,1H3,(H,30,31);1-14,16,24H,15,17H2,(H,25,26). The lowest BCUT2D eigenvalue weighted by Gasteiger charge is -2.21. The maximum absolute atomic E-state index is 4.70. The summed E-state index contributed by atoms with van der Waals surface area (Å²) < 4.78 is 0. The molecule has 292 valence electrons. The molecule has 0 amide bonds. The molecule has 6 aromatic carbocycles. The highest BCUT2D eigenvalue weighted by atomic mass is 15.1. The first-order valence-electron chi connectivity index (χ1n) is 20.6. The Morgan fingerprint density at radius 3 is 1.41 bits per heavy atom. The van der Waals surface area contributed by atoms with Crippen molar-refractivity contribution in [2.75, 3.05) is 6.54 Å². The van der Waals surface area contributed by atoms with Crippen molar-refractivity contribution < 1.29 is 0 Å². The Hall–Kier alpha value is -6.34. The van der Waals surface area contributed by atoms with Gasteiger partial charge in [-0.2, -0.15) is 0 Å². The molecular formula is C52H54N6. The largest absolute Gasteiger partial charge is 0.341 e. The fourth-order valence-corrected chi connectivity index (χ4v) is 7.08. The minimum absolute atomic E-state index is 0.719. The molecule has 8 rings (SSSR count). The summed E-state index contributed by atoms with van der Waals surface area (Å²) in [5, 5.41) is 3.42. The van der Waals surface area contributed by atoms with Crippen molar-refractivity contribution in [2.24, 2.45) is 0 Å². The molecule has 2 aromatic heterocycles. The van der Waals surface area contributed by atoms with E-state index in [1.807, 2.05) is 24.5 Å². The highest BCUT2D eigenvalue weighted by Gasteiger charge is 2.11. The van der Waals surface area contributed by atoms with Gasteiger partial charge in [0, 0.05) is 13.1 Å². The topological polar surface area (TPSA) is 72.6 Å². The number of hydrogen-bond donors (Lipinski definition) is 3. The summed E-state index contributed by atoms with van der Waals surface area (Å²) in [6.45, 7) is 6.70. The SMILES string of the molecule is CCCCCCN(Cc1ccccc1)Cc1ncc(-c2ccc(-c3ccccc3)cc2)[nH]1.c1ccc(CNCc2ncc(-c3ccc(-c4ccccc4)cc3)[nH]2)cc1. The van der Waals surface area contributed by atoms with Crippen molar-refractivity contribution >= 4 is 0 Å². The normalized spacial score (nSPS) is 11.0. The van der Waals surface area contributed by atoms with Crippen LogP contribution in [0.3, 0.4) is 0 Å². The number of nitrogens with zero attached hydrogens (tertiary/aromatic N) is 3. The summed E-state index contributed by atoms with van der Waals surface area (Å²) in [5.74, 6) is 1.97. The third kappa shape index (κ3) is 11.8. The molecular weight excluding hydrogens is 709 g/mol. The van der Waals surface area contributed by atoms with Crippen LogP contribution in [0.15, 0.2) is 182 Å². The first kappa shape index (κ1) is 39.9. The molecule has 3 N–H and O–H groups in total. The van der Waals surface area contributed by atoms with E-state index in [4.69, 9.17) is 4.98 Å². The molecule has 0 aliphatic rings. The zero-order chi connectivity index (χ0) is 39.6. The van der Waals surface area contributed by atoms with E-state index in [0.29, 0.717) is 0 Å². The van der Waals surface area contributed by atoms with Crippen LogP contribution in [0.5, 0.6) is 0 Å². The highest BCUT2D eigenvalue weighted by Crippen LogP contribution is 2.25. The molecule has 0 atom stereocenters. The van der Waals surface area contributed by atoms with Crippen LogP contribution in [0, 0.1) is 0 Å². The molecule has 58 heavy (non-hydrogen) atoms. The number of H-pyrrole nitrogens is 2. The van der Waals surface area contributed by atoms with Gasteiger partial charge in [0.1, 0.15) is 11.6 Å². The summed E-state index contributed by atoms with van der Waals surface area (Å²) in [7, 11) is 0. The predicted molar refractivity (Wildman–Crippen MR) is 241 cm³/mol. The lowest BCUT2D eigenvalue weighted by atomic mass is 10.0. The number of rotatable bonds is 17. The smallest absolute Gasteiger partial charge is 0.120 e.